The molecule has 0 amide bonds. The first-order valence-electron chi connectivity index (χ1n) is 27.7. The van der Waals surface area contributed by atoms with Crippen LogP contribution in [0.25, 0.3) is 89.2 Å². The van der Waals surface area contributed by atoms with Crippen LogP contribution in [0.15, 0.2) is 200 Å². The summed E-state index contributed by atoms with van der Waals surface area (Å²) < 4.78 is 4.94. The van der Waals surface area contributed by atoms with E-state index in [1.54, 1.807) is 0 Å². The molecule has 0 saturated carbocycles. The first kappa shape index (κ1) is 51.1. The van der Waals surface area contributed by atoms with E-state index in [4.69, 9.17) is 19.9 Å². The molecule has 0 N–H and O–H groups in total. The van der Waals surface area contributed by atoms with E-state index < -0.39 is 0 Å². The predicted molar refractivity (Wildman–Crippen MR) is 332 cm³/mol. The quantitative estimate of drug-likeness (QED) is 0.152. The van der Waals surface area contributed by atoms with Gasteiger partial charge in [-0.3, -0.25) is 0 Å². The molecule has 5 heterocycles. The summed E-state index contributed by atoms with van der Waals surface area (Å²) in [4.78, 5) is 24.6. The largest absolute Gasteiger partial charge is 0.307 e. The van der Waals surface area contributed by atoms with Gasteiger partial charge in [0.25, 0.3) is 0 Å². The highest BCUT2D eigenvalue weighted by atomic mass is 15.2. The van der Waals surface area contributed by atoms with E-state index in [-0.39, 0.29) is 21.7 Å². The average Bonchev–Trinajstić information content (AvgIpc) is 3.33. The van der Waals surface area contributed by atoms with Crippen LogP contribution in [0.4, 0.5) is 17.1 Å². The van der Waals surface area contributed by atoms with E-state index in [0.29, 0.717) is 5.82 Å². The fourth-order valence-electron chi connectivity index (χ4n) is 11.0. The molecule has 7 nitrogen and oxygen atoms in total. The Morgan fingerprint density at radius 3 is 1.11 bits per heavy atom. The smallest absolute Gasteiger partial charge is 0.160 e. The summed E-state index contributed by atoms with van der Waals surface area (Å²) in [6.45, 7) is 27.2. The monoisotopic (exact) mass is 1030 g/mol. The fraction of sp³-hybridized carbons (Fsp3) is 0.222. The molecule has 7 heteroatoms. The second-order valence-corrected chi connectivity index (χ2v) is 25.3. The standard InChI is InChI=1S/C72H69N7/c1-69(2,3)49-33-35-57-53(43-49)65-59(37-39-63(75-65)71(7,8)9)78(57)61-41-48(56-45-55(46-25-17-13-18-26-46)73-68(74-56)47-27-19-14-20-28-47)42-62(67(61)77(51-29-21-15-22-30-51)52-31-23-16-24-32-52)79-58-36-34-50(70(4,5)6)44-54(58)66-60(79)38-40-64(76-66)72(10,11)12/h13-45H,1-12H3. The van der Waals surface area contributed by atoms with Crippen molar-refractivity contribution in [1.82, 2.24) is 29.1 Å². The maximum Gasteiger partial charge on any atom is 0.160 e. The SMILES string of the molecule is CC(C)(C)c1ccc2c(c1)c1nc(C(C)(C)C)ccc1n2-c1cc(-c2cc(-c3ccccc3)nc(-c3ccccc3)n2)cc(-n2c3ccc(C(C)(C)C)cc3c3nc(C(C)(C)C)ccc32)c1N(c1ccccc1)c1ccccc1. The summed E-state index contributed by atoms with van der Waals surface area (Å²) in [6, 6.07) is 72.3. The van der Waals surface area contributed by atoms with Gasteiger partial charge >= 0.3 is 0 Å². The van der Waals surface area contributed by atoms with Crippen molar-refractivity contribution in [3.05, 3.63) is 223 Å². The van der Waals surface area contributed by atoms with Crippen molar-refractivity contribution < 1.29 is 0 Å². The van der Waals surface area contributed by atoms with E-state index in [0.717, 1.165) is 112 Å². The van der Waals surface area contributed by atoms with Crippen LogP contribution in [0, 0.1) is 0 Å². The highest BCUT2D eigenvalue weighted by Crippen LogP contribution is 2.49. The topological polar surface area (TPSA) is 64.7 Å². The van der Waals surface area contributed by atoms with Crippen LogP contribution in [0.2, 0.25) is 0 Å². The molecule has 0 aliphatic rings. The zero-order valence-corrected chi connectivity index (χ0v) is 47.7. The number of benzene rings is 7. The lowest BCUT2D eigenvalue weighted by atomic mass is 9.86. The first-order valence-corrected chi connectivity index (χ1v) is 27.7. The summed E-state index contributed by atoms with van der Waals surface area (Å²) in [5.41, 5.74) is 19.4. The number of pyridine rings is 2. The van der Waals surface area contributed by atoms with E-state index in [1.807, 2.05) is 6.07 Å². The summed E-state index contributed by atoms with van der Waals surface area (Å²) in [7, 11) is 0. The molecule has 0 saturated heterocycles. The Labute approximate surface area is 465 Å². The minimum atomic E-state index is -0.190. The van der Waals surface area contributed by atoms with E-state index >= 15 is 0 Å². The van der Waals surface area contributed by atoms with E-state index in [2.05, 4.69) is 291 Å². The van der Waals surface area contributed by atoms with Gasteiger partial charge in [-0.25, -0.2) is 19.9 Å². The Morgan fingerprint density at radius 2 is 0.709 bits per heavy atom. The molecule has 0 radical (unpaired) electrons. The average molecular weight is 1030 g/mol. The molecule has 0 atom stereocenters. The van der Waals surface area contributed by atoms with Gasteiger partial charge < -0.3 is 14.0 Å². The molecular formula is C72H69N7. The zero-order valence-electron chi connectivity index (χ0n) is 47.7. The summed E-state index contributed by atoms with van der Waals surface area (Å²) in [6.07, 6.45) is 0. The molecule has 5 aromatic heterocycles. The molecule has 7 aromatic carbocycles. The third-order valence-electron chi connectivity index (χ3n) is 15.4. The van der Waals surface area contributed by atoms with Gasteiger partial charge in [0.15, 0.2) is 5.82 Å². The number of nitrogens with zero attached hydrogens (tertiary/aromatic N) is 7. The minimum Gasteiger partial charge on any atom is -0.307 e. The number of hydrogen-bond acceptors (Lipinski definition) is 5. The number of hydrogen-bond donors (Lipinski definition) is 0. The third kappa shape index (κ3) is 9.35. The lowest BCUT2D eigenvalue weighted by molar-refractivity contribution is 0.571. The molecular weight excluding hydrogens is 963 g/mol. The van der Waals surface area contributed by atoms with Gasteiger partial charge in [0.05, 0.1) is 61.6 Å². The summed E-state index contributed by atoms with van der Waals surface area (Å²) in [5, 5.41) is 2.20. The number of aromatic nitrogens is 6. The van der Waals surface area contributed by atoms with Crippen LogP contribution in [0.3, 0.4) is 0 Å². The molecule has 0 aliphatic heterocycles. The van der Waals surface area contributed by atoms with Gasteiger partial charge in [-0.2, -0.15) is 0 Å². The molecule has 12 rings (SSSR count). The van der Waals surface area contributed by atoms with Crippen molar-refractivity contribution in [2.75, 3.05) is 4.90 Å². The lowest BCUT2D eigenvalue weighted by Crippen LogP contribution is -2.17. The number of anilines is 3. The molecule has 79 heavy (non-hydrogen) atoms. The fourth-order valence-corrected chi connectivity index (χ4v) is 11.0. The van der Waals surface area contributed by atoms with E-state index in [9.17, 15) is 0 Å². The van der Waals surface area contributed by atoms with E-state index in [1.165, 1.54) is 11.1 Å². The Hall–Kier alpha value is -8.68. The van der Waals surface area contributed by atoms with Crippen molar-refractivity contribution in [2.45, 2.75) is 105 Å². The second kappa shape index (κ2) is 19.1. The lowest BCUT2D eigenvalue weighted by Gasteiger charge is -2.32. The first-order chi connectivity index (χ1) is 37.7. The molecule has 392 valence electrons. The zero-order chi connectivity index (χ0) is 55.2. The highest BCUT2D eigenvalue weighted by molar-refractivity contribution is 6.11. The maximum absolute atomic E-state index is 5.65. The van der Waals surface area contributed by atoms with Crippen molar-refractivity contribution >= 4 is 60.9 Å². The Kier molecular flexibility index (Phi) is 12.3. The van der Waals surface area contributed by atoms with Crippen LogP contribution < -0.4 is 4.90 Å². The molecule has 0 fully saturated rings. The van der Waals surface area contributed by atoms with Crippen molar-refractivity contribution in [3.8, 4) is 45.3 Å². The summed E-state index contributed by atoms with van der Waals surface area (Å²) in [5.74, 6) is 0.648. The predicted octanol–water partition coefficient (Wildman–Crippen LogP) is 19.1. The van der Waals surface area contributed by atoms with Crippen LogP contribution in [-0.4, -0.2) is 29.1 Å². The molecule has 12 aromatic rings. The van der Waals surface area contributed by atoms with Crippen molar-refractivity contribution in [2.24, 2.45) is 0 Å². The normalized spacial score (nSPS) is 12.6. The van der Waals surface area contributed by atoms with Gasteiger partial charge in [0.1, 0.15) is 0 Å². The second-order valence-electron chi connectivity index (χ2n) is 25.3. The molecule has 0 spiro atoms. The molecule has 0 bridgehead atoms. The van der Waals surface area contributed by atoms with Crippen molar-refractivity contribution in [1.29, 1.82) is 0 Å². The third-order valence-corrected chi connectivity index (χ3v) is 15.4. The van der Waals surface area contributed by atoms with Crippen LogP contribution in [0.5, 0.6) is 0 Å². The minimum absolute atomic E-state index is 0.107. The van der Waals surface area contributed by atoms with Gasteiger partial charge in [0.2, 0.25) is 0 Å². The maximum atomic E-state index is 5.65. The van der Waals surface area contributed by atoms with Gasteiger partial charge in [-0.1, -0.05) is 192 Å². The van der Waals surface area contributed by atoms with Crippen molar-refractivity contribution in [3.63, 3.8) is 0 Å². The van der Waals surface area contributed by atoms with Gasteiger partial charge in [-0.15, -0.1) is 0 Å². The van der Waals surface area contributed by atoms with Gasteiger partial charge in [-0.05, 0) is 113 Å². The van der Waals surface area contributed by atoms with Crippen LogP contribution in [0.1, 0.15) is 106 Å². The van der Waals surface area contributed by atoms with Crippen LogP contribution in [-0.2, 0) is 21.7 Å². The molecule has 0 unspecified atom stereocenters. The molecule has 0 aliphatic carbocycles. The summed E-state index contributed by atoms with van der Waals surface area (Å²) >= 11 is 0. The highest BCUT2D eigenvalue weighted by Gasteiger charge is 2.31. The number of fused-ring (bicyclic) bond motifs is 6. The number of rotatable bonds is 8. The van der Waals surface area contributed by atoms with Gasteiger partial charge in [0, 0.05) is 61.1 Å². The van der Waals surface area contributed by atoms with Crippen LogP contribution >= 0.6 is 0 Å². The Balaban J connectivity index is 1.33. The Morgan fingerprint density at radius 1 is 0.329 bits per heavy atom. The number of para-hydroxylation sites is 2. The Bertz CT molecular complexity index is 3850.